The summed E-state index contributed by atoms with van der Waals surface area (Å²) in [5, 5.41) is 12.6. The van der Waals surface area contributed by atoms with E-state index in [1.165, 1.54) is 6.42 Å². The number of rotatable bonds is 6. The van der Waals surface area contributed by atoms with Crippen LogP contribution in [-0.4, -0.2) is 49.8 Å². The molecule has 1 N–H and O–H groups in total. The Bertz CT molecular complexity index is 289. The molecule has 104 valence electrons. The van der Waals surface area contributed by atoms with Crippen molar-refractivity contribution in [2.45, 2.75) is 57.2 Å². The topological polar surface area (TPSA) is 48.3 Å². The Morgan fingerprint density at radius 3 is 2.83 bits per heavy atom. The third-order valence-electron chi connectivity index (χ3n) is 4.23. The van der Waals surface area contributed by atoms with Crippen LogP contribution in [0.3, 0.4) is 0 Å². The minimum Gasteiger partial charge on any atom is -0.383 e. The second kappa shape index (κ2) is 7.08. The third kappa shape index (κ3) is 3.44. The zero-order valence-electron chi connectivity index (χ0n) is 12.2. The van der Waals surface area contributed by atoms with E-state index in [2.05, 4.69) is 30.1 Å². The molecule has 1 rings (SSSR count). The number of nitriles is 1. The fourth-order valence-corrected chi connectivity index (χ4v) is 3.18. The molecule has 1 saturated carbocycles. The molecule has 0 amide bonds. The van der Waals surface area contributed by atoms with Crippen LogP contribution in [-0.2, 0) is 4.74 Å². The Balaban J connectivity index is 2.72. The summed E-state index contributed by atoms with van der Waals surface area (Å²) in [5.41, 5.74) is -0.330. The molecule has 0 aromatic heterocycles. The van der Waals surface area contributed by atoms with Crippen molar-refractivity contribution in [2.24, 2.45) is 0 Å². The van der Waals surface area contributed by atoms with Gasteiger partial charge in [0, 0.05) is 19.2 Å². The Morgan fingerprint density at radius 1 is 1.61 bits per heavy atom. The summed E-state index contributed by atoms with van der Waals surface area (Å²) in [5.74, 6) is 0. The van der Waals surface area contributed by atoms with Crippen molar-refractivity contribution in [3.63, 3.8) is 0 Å². The maximum Gasteiger partial charge on any atom is 0.108 e. The van der Waals surface area contributed by atoms with Crippen molar-refractivity contribution in [3.05, 3.63) is 0 Å². The van der Waals surface area contributed by atoms with Gasteiger partial charge in [0.15, 0.2) is 0 Å². The zero-order valence-corrected chi connectivity index (χ0v) is 12.2. The number of hydrogen-bond donors (Lipinski definition) is 1. The first-order valence-electron chi connectivity index (χ1n) is 6.97. The first-order chi connectivity index (χ1) is 8.62. The lowest BCUT2D eigenvalue weighted by Gasteiger charge is -2.43. The van der Waals surface area contributed by atoms with Gasteiger partial charge in [-0.25, -0.2) is 0 Å². The van der Waals surface area contributed by atoms with Gasteiger partial charge in [0.05, 0.1) is 12.7 Å². The fourth-order valence-electron chi connectivity index (χ4n) is 3.18. The molecule has 1 aliphatic rings. The Hall–Kier alpha value is -0.630. The quantitative estimate of drug-likeness (QED) is 0.783. The van der Waals surface area contributed by atoms with Gasteiger partial charge in [-0.3, -0.25) is 4.90 Å². The molecule has 0 aromatic carbocycles. The van der Waals surface area contributed by atoms with Crippen molar-refractivity contribution in [2.75, 3.05) is 27.3 Å². The molecule has 0 aromatic rings. The normalized spacial score (nSPS) is 30.1. The van der Waals surface area contributed by atoms with E-state index in [1.807, 2.05) is 7.05 Å². The van der Waals surface area contributed by atoms with E-state index in [-0.39, 0.29) is 5.54 Å². The summed E-state index contributed by atoms with van der Waals surface area (Å²) in [4.78, 5) is 2.48. The van der Waals surface area contributed by atoms with E-state index < -0.39 is 0 Å². The van der Waals surface area contributed by atoms with Gasteiger partial charge in [-0.05, 0) is 46.2 Å². The molecule has 0 bridgehead atoms. The lowest BCUT2D eigenvalue weighted by molar-refractivity contribution is 0.0472. The highest BCUT2D eigenvalue weighted by Gasteiger charge is 2.38. The highest BCUT2D eigenvalue weighted by atomic mass is 16.5. The van der Waals surface area contributed by atoms with Crippen LogP contribution in [0.1, 0.15) is 39.5 Å². The van der Waals surface area contributed by atoms with E-state index >= 15 is 0 Å². The molecule has 0 radical (unpaired) electrons. The fraction of sp³-hybridized carbons (Fsp3) is 0.929. The molecular weight excluding hydrogens is 226 g/mol. The predicted octanol–water partition coefficient (Wildman–Crippen LogP) is 1.77. The van der Waals surface area contributed by atoms with Gasteiger partial charge in [-0.2, -0.15) is 5.26 Å². The molecule has 0 saturated heterocycles. The smallest absolute Gasteiger partial charge is 0.108 e. The summed E-state index contributed by atoms with van der Waals surface area (Å²) in [6, 6.07) is 3.38. The van der Waals surface area contributed by atoms with Gasteiger partial charge in [0.2, 0.25) is 0 Å². The molecule has 4 heteroatoms. The van der Waals surface area contributed by atoms with Crippen LogP contribution in [0.5, 0.6) is 0 Å². The van der Waals surface area contributed by atoms with E-state index in [9.17, 15) is 5.26 Å². The molecule has 4 nitrogen and oxygen atoms in total. The van der Waals surface area contributed by atoms with Gasteiger partial charge >= 0.3 is 0 Å². The van der Waals surface area contributed by atoms with Crippen molar-refractivity contribution in [1.29, 1.82) is 5.26 Å². The van der Waals surface area contributed by atoms with Crippen molar-refractivity contribution in [3.8, 4) is 6.07 Å². The van der Waals surface area contributed by atoms with E-state index in [0.29, 0.717) is 12.1 Å². The Kier molecular flexibility index (Phi) is 6.07. The second-order valence-electron chi connectivity index (χ2n) is 5.33. The molecular formula is C14H27N3O. The first kappa shape index (κ1) is 15.4. The first-order valence-corrected chi connectivity index (χ1v) is 6.97. The molecule has 0 spiro atoms. The van der Waals surface area contributed by atoms with Crippen LogP contribution in [0, 0.1) is 11.3 Å². The Morgan fingerprint density at radius 2 is 2.33 bits per heavy atom. The zero-order chi connectivity index (χ0) is 13.6. The number of ether oxygens (including phenoxy) is 1. The van der Waals surface area contributed by atoms with Crippen LogP contribution in [0.15, 0.2) is 0 Å². The van der Waals surface area contributed by atoms with Gasteiger partial charge in [0.25, 0.3) is 0 Å². The van der Waals surface area contributed by atoms with E-state index in [4.69, 9.17) is 4.74 Å². The van der Waals surface area contributed by atoms with Crippen molar-refractivity contribution in [1.82, 2.24) is 10.2 Å². The lowest BCUT2D eigenvalue weighted by Crippen LogP contribution is -2.54. The van der Waals surface area contributed by atoms with Gasteiger partial charge < -0.3 is 10.1 Å². The summed E-state index contributed by atoms with van der Waals surface area (Å²) in [6.45, 7) is 6.16. The predicted molar refractivity (Wildman–Crippen MR) is 73.4 cm³/mol. The van der Waals surface area contributed by atoms with Crippen LogP contribution in [0.25, 0.3) is 0 Å². The largest absolute Gasteiger partial charge is 0.383 e. The van der Waals surface area contributed by atoms with Crippen LogP contribution in [0.4, 0.5) is 0 Å². The SMILES string of the molecule is CCN(C(C)COC)C1CCCC(C#N)(NC)C1. The molecule has 0 aliphatic heterocycles. The van der Waals surface area contributed by atoms with Crippen molar-refractivity contribution >= 4 is 0 Å². The van der Waals surface area contributed by atoms with Gasteiger partial charge in [-0.15, -0.1) is 0 Å². The summed E-state index contributed by atoms with van der Waals surface area (Å²) in [7, 11) is 3.65. The molecule has 1 aliphatic carbocycles. The summed E-state index contributed by atoms with van der Waals surface area (Å²) < 4.78 is 5.26. The highest BCUT2D eigenvalue weighted by molar-refractivity contribution is 5.10. The number of hydrogen-bond acceptors (Lipinski definition) is 4. The van der Waals surface area contributed by atoms with Gasteiger partial charge in [0.1, 0.15) is 5.54 Å². The van der Waals surface area contributed by atoms with E-state index in [0.717, 1.165) is 32.4 Å². The number of likely N-dealkylation sites (N-methyl/N-ethyl adjacent to an activating group) is 1. The number of nitrogens with zero attached hydrogens (tertiary/aromatic N) is 2. The molecule has 3 atom stereocenters. The summed E-state index contributed by atoms with van der Waals surface area (Å²) in [6.07, 6.45) is 4.19. The van der Waals surface area contributed by atoms with Crippen LogP contribution < -0.4 is 5.32 Å². The second-order valence-corrected chi connectivity index (χ2v) is 5.33. The molecule has 18 heavy (non-hydrogen) atoms. The van der Waals surface area contributed by atoms with E-state index in [1.54, 1.807) is 7.11 Å². The van der Waals surface area contributed by atoms with Crippen LogP contribution in [0.2, 0.25) is 0 Å². The highest BCUT2D eigenvalue weighted by Crippen LogP contribution is 2.31. The molecule has 3 unspecified atom stereocenters. The number of nitrogens with one attached hydrogen (secondary N) is 1. The minimum absolute atomic E-state index is 0.330. The molecule has 0 heterocycles. The summed E-state index contributed by atoms with van der Waals surface area (Å²) >= 11 is 0. The van der Waals surface area contributed by atoms with Crippen LogP contribution >= 0.6 is 0 Å². The number of methoxy groups -OCH3 is 1. The molecule has 1 fully saturated rings. The lowest BCUT2D eigenvalue weighted by atomic mass is 9.79. The average Bonchev–Trinajstić information content (AvgIpc) is 2.40. The third-order valence-corrected chi connectivity index (χ3v) is 4.23. The minimum atomic E-state index is -0.330. The monoisotopic (exact) mass is 253 g/mol. The average molecular weight is 253 g/mol. The Labute approximate surface area is 111 Å². The maximum absolute atomic E-state index is 9.40. The van der Waals surface area contributed by atoms with Gasteiger partial charge in [-0.1, -0.05) is 6.92 Å². The van der Waals surface area contributed by atoms with Crippen molar-refractivity contribution < 1.29 is 4.74 Å². The maximum atomic E-state index is 9.40. The standard InChI is InChI=1S/C14H27N3O/c1-5-17(12(2)10-18-4)13-7-6-8-14(9-13,11-15)16-3/h12-13,16H,5-10H2,1-4H3.